The van der Waals surface area contributed by atoms with Gasteiger partial charge in [-0.2, -0.15) is 0 Å². The average molecular weight is 288 g/mol. The second-order valence-electron chi connectivity index (χ2n) is 3.87. The molecule has 0 unspecified atom stereocenters. The van der Waals surface area contributed by atoms with Crippen LogP contribution in [0.5, 0.6) is 11.5 Å². The number of para-hydroxylation sites is 2. The highest BCUT2D eigenvalue weighted by molar-refractivity contribution is 5.91. The topological polar surface area (TPSA) is 82.1 Å². The maximum atomic E-state index is 11.5. The van der Waals surface area contributed by atoms with E-state index in [-0.39, 0.29) is 18.1 Å². The molecule has 0 amide bonds. The summed E-state index contributed by atoms with van der Waals surface area (Å²) >= 11 is 0. The molecule has 21 heavy (non-hydrogen) atoms. The fourth-order valence-corrected chi connectivity index (χ4v) is 1.51. The number of ether oxygens (including phenoxy) is 3. The Morgan fingerprint density at radius 1 is 0.952 bits per heavy atom. The molecular weight excluding hydrogens is 276 g/mol. The largest absolute Gasteiger partial charge is 0.516 e. The number of hydrogen-bond acceptors (Lipinski definition) is 5. The first-order chi connectivity index (χ1) is 10.2. The molecular formula is C15H12O6. The SMILES string of the molecule is O=C(OCOc1ccccc1)Oc1ccccc1C(=O)O. The number of carboxylic acid groups (broad SMARTS) is 1. The minimum atomic E-state index is -1.20. The minimum absolute atomic E-state index is 0.0882. The summed E-state index contributed by atoms with van der Waals surface area (Å²) in [4.78, 5) is 22.4. The second kappa shape index (κ2) is 6.95. The highest BCUT2D eigenvalue weighted by Gasteiger charge is 2.14. The van der Waals surface area contributed by atoms with E-state index in [1.165, 1.54) is 18.2 Å². The van der Waals surface area contributed by atoms with Gasteiger partial charge in [0.1, 0.15) is 17.1 Å². The molecule has 2 aromatic rings. The predicted molar refractivity (Wildman–Crippen MR) is 72.4 cm³/mol. The van der Waals surface area contributed by atoms with Crippen LogP contribution in [-0.2, 0) is 4.74 Å². The van der Waals surface area contributed by atoms with Gasteiger partial charge in [0.25, 0.3) is 0 Å². The minimum Gasteiger partial charge on any atom is -0.478 e. The van der Waals surface area contributed by atoms with Crippen molar-refractivity contribution in [2.75, 3.05) is 6.79 Å². The maximum absolute atomic E-state index is 11.5. The van der Waals surface area contributed by atoms with Crippen LogP contribution in [0.15, 0.2) is 54.6 Å². The summed E-state index contributed by atoms with van der Waals surface area (Å²) in [7, 11) is 0. The number of aromatic carboxylic acids is 1. The van der Waals surface area contributed by atoms with Crippen molar-refractivity contribution in [1.29, 1.82) is 0 Å². The molecule has 2 aromatic carbocycles. The summed E-state index contributed by atoms with van der Waals surface area (Å²) in [6.07, 6.45) is -1.04. The van der Waals surface area contributed by atoms with Gasteiger partial charge in [-0.3, -0.25) is 0 Å². The number of benzene rings is 2. The van der Waals surface area contributed by atoms with Crippen LogP contribution in [0.2, 0.25) is 0 Å². The first-order valence-electron chi connectivity index (χ1n) is 6.01. The summed E-state index contributed by atoms with van der Waals surface area (Å²) in [5, 5.41) is 8.95. The number of carboxylic acids is 1. The van der Waals surface area contributed by atoms with Crippen LogP contribution in [0.25, 0.3) is 0 Å². The van der Waals surface area contributed by atoms with Gasteiger partial charge in [-0.15, -0.1) is 0 Å². The Bertz CT molecular complexity index is 623. The Hall–Kier alpha value is -3.02. The van der Waals surface area contributed by atoms with Crippen molar-refractivity contribution in [3.05, 3.63) is 60.2 Å². The molecule has 2 rings (SSSR count). The van der Waals surface area contributed by atoms with Crippen LogP contribution in [0.3, 0.4) is 0 Å². The van der Waals surface area contributed by atoms with E-state index in [0.717, 1.165) is 0 Å². The van der Waals surface area contributed by atoms with Gasteiger partial charge < -0.3 is 19.3 Å². The van der Waals surface area contributed by atoms with Gasteiger partial charge in [-0.25, -0.2) is 9.59 Å². The van der Waals surface area contributed by atoms with E-state index in [2.05, 4.69) is 0 Å². The van der Waals surface area contributed by atoms with Gasteiger partial charge in [-0.1, -0.05) is 30.3 Å². The standard InChI is InChI=1S/C15H12O6/c16-14(17)12-8-4-5-9-13(12)21-15(18)20-10-19-11-6-2-1-3-7-11/h1-9H,10H2,(H,16,17). The Labute approximate surface area is 120 Å². The van der Waals surface area contributed by atoms with Gasteiger partial charge in [0.05, 0.1) is 0 Å². The third-order valence-electron chi connectivity index (χ3n) is 2.46. The lowest BCUT2D eigenvalue weighted by Gasteiger charge is -2.09. The fourth-order valence-electron chi connectivity index (χ4n) is 1.51. The quantitative estimate of drug-likeness (QED) is 0.517. The zero-order valence-electron chi connectivity index (χ0n) is 10.9. The van der Waals surface area contributed by atoms with Gasteiger partial charge in [-0.05, 0) is 24.3 Å². The first-order valence-corrected chi connectivity index (χ1v) is 6.01. The number of carbonyl (C=O) groups excluding carboxylic acids is 1. The molecule has 0 radical (unpaired) electrons. The highest BCUT2D eigenvalue weighted by Crippen LogP contribution is 2.18. The third-order valence-corrected chi connectivity index (χ3v) is 2.46. The highest BCUT2D eigenvalue weighted by atomic mass is 16.8. The van der Waals surface area contributed by atoms with Gasteiger partial charge in [0, 0.05) is 0 Å². The summed E-state index contributed by atoms with van der Waals surface area (Å²) in [6, 6.07) is 14.5. The molecule has 0 heterocycles. The summed E-state index contributed by atoms with van der Waals surface area (Å²) < 4.78 is 14.7. The molecule has 0 saturated heterocycles. The van der Waals surface area contributed by atoms with Crippen molar-refractivity contribution in [2.45, 2.75) is 0 Å². The third kappa shape index (κ3) is 4.24. The molecule has 0 fully saturated rings. The van der Waals surface area contributed by atoms with Crippen LogP contribution >= 0.6 is 0 Å². The molecule has 0 atom stereocenters. The molecule has 6 nitrogen and oxygen atoms in total. The van der Waals surface area contributed by atoms with Crippen molar-refractivity contribution in [3.63, 3.8) is 0 Å². The summed E-state index contributed by atoms with van der Waals surface area (Å²) in [5.41, 5.74) is -0.126. The molecule has 6 heteroatoms. The number of hydrogen-bond donors (Lipinski definition) is 1. The zero-order chi connectivity index (χ0) is 15.1. The Balaban J connectivity index is 1.86. The Morgan fingerprint density at radius 3 is 2.33 bits per heavy atom. The molecule has 0 aliphatic heterocycles. The maximum Gasteiger partial charge on any atom is 0.516 e. The van der Waals surface area contributed by atoms with Crippen molar-refractivity contribution >= 4 is 12.1 Å². The normalized spacial score (nSPS) is 9.71. The molecule has 108 valence electrons. The van der Waals surface area contributed by atoms with E-state index < -0.39 is 12.1 Å². The lowest BCUT2D eigenvalue weighted by molar-refractivity contribution is 0.0309. The lowest BCUT2D eigenvalue weighted by Crippen LogP contribution is -2.16. The van der Waals surface area contributed by atoms with Crippen LogP contribution in [0.4, 0.5) is 4.79 Å². The van der Waals surface area contributed by atoms with Crippen LogP contribution < -0.4 is 9.47 Å². The molecule has 0 aliphatic rings. The van der Waals surface area contributed by atoms with Gasteiger partial charge in [0.2, 0.25) is 6.79 Å². The Morgan fingerprint density at radius 2 is 1.62 bits per heavy atom. The average Bonchev–Trinajstić information content (AvgIpc) is 2.48. The fraction of sp³-hybridized carbons (Fsp3) is 0.0667. The summed E-state index contributed by atoms with van der Waals surface area (Å²) in [6.45, 7) is -0.335. The van der Waals surface area contributed by atoms with E-state index >= 15 is 0 Å². The molecule has 0 bridgehead atoms. The van der Waals surface area contributed by atoms with Gasteiger partial charge >= 0.3 is 12.1 Å². The van der Waals surface area contributed by atoms with Crippen LogP contribution in [-0.4, -0.2) is 24.0 Å². The van der Waals surface area contributed by atoms with E-state index in [9.17, 15) is 9.59 Å². The molecule has 0 aromatic heterocycles. The Kier molecular flexibility index (Phi) is 4.76. The van der Waals surface area contributed by atoms with Crippen LogP contribution in [0, 0.1) is 0 Å². The zero-order valence-corrected chi connectivity index (χ0v) is 10.9. The monoisotopic (exact) mass is 288 g/mol. The van der Waals surface area contributed by atoms with E-state index in [1.54, 1.807) is 30.3 Å². The molecule has 0 saturated carbocycles. The van der Waals surface area contributed by atoms with Crippen LogP contribution in [0.1, 0.15) is 10.4 Å². The van der Waals surface area contributed by atoms with E-state index in [1.807, 2.05) is 6.07 Å². The molecule has 1 N–H and O–H groups in total. The van der Waals surface area contributed by atoms with Crippen molar-refractivity contribution in [2.24, 2.45) is 0 Å². The van der Waals surface area contributed by atoms with Crippen molar-refractivity contribution in [3.8, 4) is 11.5 Å². The lowest BCUT2D eigenvalue weighted by atomic mass is 10.2. The van der Waals surface area contributed by atoms with E-state index in [0.29, 0.717) is 5.75 Å². The number of carbonyl (C=O) groups is 2. The molecule has 0 aliphatic carbocycles. The molecule has 0 spiro atoms. The predicted octanol–water partition coefficient (Wildman–Crippen LogP) is 2.94. The van der Waals surface area contributed by atoms with E-state index in [4.69, 9.17) is 19.3 Å². The second-order valence-corrected chi connectivity index (χ2v) is 3.87. The van der Waals surface area contributed by atoms with Gasteiger partial charge in [0.15, 0.2) is 0 Å². The van der Waals surface area contributed by atoms with Crippen molar-refractivity contribution < 1.29 is 28.9 Å². The summed E-state index contributed by atoms with van der Waals surface area (Å²) in [5.74, 6) is -0.745. The smallest absolute Gasteiger partial charge is 0.478 e. The number of rotatable bonds is 5. The van der Waals surface area contributed by atoms with Crippen molar-refractivity contribution in [1.82, 2.24) is 0 Å². The first kappa shape index (κ1) is 14.4.